The Balaban J connectivity index is 1.36. The van der Waals surface area contributed by atoms with Crippen molar-refractivity contribution >= 4 is 34.9 Å². The summed E-state index contributed by atoms with van der Waals surface area (Å²) in [5.74, 6) is 0. The Labute approximate surface area is 236 Å². The van der Waals surface area contributed by atoms with Crippen molar-refractivity contribution in [1.82, 2.24) is 20.6 Å². The molecule has 4 aromatic rings. The summed E-state index contributed by atoms with van der Waals surface area (Å²) in [7, 11) is 0. The third-order valence-electron chi connectivity index (χ3n) is 6.11. The third-order valence-corrected chi connectivity index (χ3v) is 7.62. The quantitative estimate of drug-likeness (QED) is 0.191. The van der Waals surface area contributed by atoms with E-state index in [1.54, 1.807) is 23.4 Å². The second-order valence-electron chi connectivity index (χ2n) is 9.06. The summed E-state index contributed by atoms with van der Waals surface area (Å²) in [5, 5.41) is 6.07. The van der Waals surface area contributed by atoms with Gasteiger partial charge in [0.05, 0.1) is 20.8 Å². The monoisotopic (exact) mass is 564 g/mol. The van der Waals surface area contributed by atoms with Crippen LogP contribution in [0.3, 0.4) is 0 Å². The number of aryl methyl sites for hydroxylation is 1. The molecule has 0 unspecified atom stereocenters. The van der Waals surface area contributed by atoms with Gasteiger partial charge in [-0.05, 0) is 43.2 Å². The molecule has 204 valence electrons. The molecule has 0 aliphatic rings. The van der Waals surface area contributed by atoms with Crippen molar-refractivity contribution in [3.63, 3.8) is 0 Å². The van der Waals surface area contributed by atoms with Crippen molar-refractivity contribution in [2.45, 2.75) is 57.4 Å². The number of thiazole rings is 2. The van der Waals surface area contributed by atoms with E-state index in [4.69, 9.17) is 9.47 Å². The smallest absolute Gasteiger partial charge is 0.407 e. The van der Waals surface area contributed by atoms with E-state index in [1.165, 1.54) is 28.2 Å². The van der Waals surface area contributed by atoms with Gasteiger partial charge >= 0.3 is 12.2 Å². The summed E-state index contributed by atoms with van der Waals surface area (Å²) in [6.45, 7) is 0.368. The van der Waals surface area contributed by atoms with Crippen LogP contribution in [0, 0.1) is 0 Å². The first-order valence-electron chi connectivity index (χ1n) is 12.8. The van der Waals surface area contributed by atoms with Crippen LogP contribution in [0.4, 0.5) is 9.59 Å². The van der Waals surface area contributed by atoms with Gasteiger partial charge in [0.25, 0.3) is 0 Å². The first kappa shape index (κ1) is 28.3. The molecule has 10 heteroatoms. The molecule has 2 aromatic carbocycles. The van der Waals surface area contributed by atoms with Crippen molar-refractivity contribution in [1.29, 1.82) is 0 Å². The largest absolute Gasteiger partial charge is 0.444 e. The molecular weight excluding hydrogens is 532 g/mol. The Morgan fingerprint density at radius 2 is 1.21 bits per heavy atom. The maximum absolute atomic E-state index is 12.6. The fourth-order valence-electron chi connectivity index (χ4n) is 4.12. The normalized spacial score (nSPS) is 12.3. The Bertz CT molecular complexity index is 1240. The summed E-state index contributed by atoms with van der Waals surface area (Å²) in [6.07, 6.45) is 5.98. The van der Waals surface area contributed by atoms with Crippen LogP contribution in [0.15, 0.2) is 84.1 Å². The van der Waals surface area contributed by atoms with Gasteiger partial charge in [-0.2, -0.15) is 0 Å². The average Bonchev–Trinajstić information content (AvgIpc) is 3.68. The van der Waals surface area contributed by atoms with E-state index in [-0.39, 0.29) is 25.3 Å². The third kappa shape index (κ3) is 10.5. The molecule has 2 N–H and O–H groups in total. The maximum atomic E-state index is 12.6. The molecule has 0 saturated carbocycles. The highest BCUT2D eigenvalue weighted by molar-refractivity contribution is 7.09. The van der Waals surface area contributed by atoms with E-state index in [0.29, 0.717) is 19.3 Å². The summed E-state index contributed by atoms with van der Waals surface area (Å²) < 4.78 is 10.9. The lowest BCUT2D eigenvalue weighted by molar-refractivity contribution is 0.131. The van der Waals surface area contributed by atoms with E-state index in [9.17, 15) is 9.59 Å². The van der Waals surface area contributed by atoms with E-state index >= 15 is 0 Å². The van der Waals surface area contributed by atoms with Crippen LogP contribution < -0.4 is 10.6 Å². The lowest BCUT2D eigenvalue weighted by Crippen LogP contribution is -2.40. The molecule has 0 aliphatic heterocycles. The average molecular weight is 565 g/mol. The predicted molar refractivity (Wildman–Crippen MR) is 153 cm³/mol. The molecule has 0 spiro atoms. The Hall–Kier alpha value is -3.76. The minimum absolute atomic E-state index is 0.132. The number of hydrogen-bond acceptors (Lipinski definition) is 8. The molecule has 2 atom stereocenters. The molecular formula is C29H32N4O4S2. The Morgan fingerprint density at radius 3 is 1.74 bits per heavy atom. The van der Waals surface area contributed by atoms with Crippen LogP contribution in [0.2, 0.25) is 0 Å². The van der Waals surface area contributed by atoms with Crippen molar-refractivity contribution < 1.29 is 19.1 Å². The zero-order chi connectivity index (χ0) is 27.1. The Morgan fingerprint density at radius 1 is 0.692 bits per heavy atom. The summed E-state index contributed by atoms with van der Waals surface area (Å²) in [6, 6.07) is 19.9. The van der Waals surface area contributed by atoms with Gasteiger partial charge in [0.15, 0.2) is 0 Å². The molecule has 2 amide bonds. The molecule has 39 heavy (non-hydrogen) atoms. The minimum atomic E-state index is -0.470. The first-order chi connectivity index (χ1) is 19.1. The molecule has 2 heterocycles. The van der Waals surface area contributed by atoms with Gasteiger partial charge in [-0.1, -0.05) is 60.7 Å². The van der Waals surface area contributed by atoms with Crippen molar-refractivity contribution in [2.24, 2.45) is 0 Å². The number of nitrogens with zero attached hydrogens (tertiary/aromatic N) is 2. The molecule has 0 fully saturated rings. The van der Waals surface area contributed by atoms with E-state index < -0.39 is 12.2 Å². The molecule has 0 bridgehead atoms. The maximum Gasteiger partial charge on any atom is 0.407 e. The number of carbonyl (C=O) groups is 2. The highest BCUT2D eigenvalue weighted by atomic mass is 32.1. The number of alkyl carbamates (subject to hydrolysis) is 2. The lowest BCUT2D eigenvalue weighted by atomic mass is 9.96. The zero-order valence-electron chi connectivity index (χ0n) is 21.5. The van der Waals surface area contributed by atoms with Gasteiger partial charge < -0.3 is 20.1 Å². The highest BCUT2D eigenvalue weighted by Gasteiger charge is 2.20. The number of benzene rings is 2. The van der Waals surface area contributed by atoms with Crippen LogP contribution in [0.5, 0.6) is 0 Å². The predicted octanol–water partition coefficient (Wildman–Crippen LogP) is 6.15. The van der Waals surface area contributed by atoms with Gasteiger partial charge in [0.2, 0.25) is 0 Å². The van der Waals surface area contributed by atoms with E-state index in [1.807, 2.05) is 48.5 Å². The molecule has 2 aromatic heterocycles. The van der Waals surface area contributed by atoms with E-state index in [2.05, 4.69) is 32.7 Å². The number of rotatable bonds is 14. The van der Waals surface area contributed by atoms with Gasteiger partial charge in [-0.3, -0.25) is 9.97 Å². The summed E-state index contributed by atoms with van der Waals surface area (Å²) >= 11 is 2.89. The second kappa shape index (κ2) is 15.6. The summed E-state index contributed by atoms with van der Waals surface area (Å²) in [5.41, 5.74) is 5.73. The van der Waals surface area contributed by atoms with Crippen LogP contribution in [0.25, 0.3) is 0 Å². The number of hydrogen-bond donors (Lipinski definition) is 2. The molecule has 0 radical (unpaired) electrons. The van der Waals surface area contributed by atoms with Gasteiger partial charge in [-0.25, -0.2) is 9.59 Å². The molecule has 8 nitrogen and oxygen atoms in total. The van der Waals surface area contributed by atoms with Crippen LogP contribution in [-0.2, 0) is 35.5 Å². The van der Waals surface area contributed by atoms with Gasteiger partial charge in [0, 0.05) is 24.5 Å². The zero-order valence-corrected chi connectivity index (χ0v) is 23.2. The van der Waals surface area contributed by atoms with Crippen LogP contribution in [0.1, 0.15) is 40.1 Å². The second-order valence-corrected chi connectivity index (χ2v) is 11.0. The van der Waals surface area contributed by atoms with Crippen molar-refractivity contribution in [2.75, 3.05) is 0 Å². The molecule has 4 rings (SSSR count). The fraction of sp³-hybridized carbons (Fsp3) is 0.310. The highest BCUT2D eigenvalue weighted by Crippen LogP contribution is 2.15. The first-order valence-corrected chi connectivity index (χ1v) is 14.6. The minimum Gasteiger partial charge on any atom is -0.444 e. The Kier molecular flexibility index (Phi) is 11.3. The number of nitrogens with one attached hydrogen (secondary N) is 2. The topological polar surface area (TPSA) is 102 Å². The molecule has 0 aliphatic carbocycles. The number of aromatic nitrogens is 2. The number of amides is 2. The van der Waals surface area contributed by atoms with Crippen molar-refractivity contribution in [3.8, 4) is 0 Å². The van der Waals surface area contributed by atoms with Gasteiger partial charge in [-0.15, -0.1) is 22.7 Å². The van der Waals surface area contributed by atoms with Crippen LogP contribution >= 0.6 is 22.7 Å². The number of carbonyl (C=O) groups excluding carboxylic acids is 2. The van der Waals surface area contributed by atoms with E-state index in [0.717, 1.165) is 28.2 Å². The SMILES string of the molecule is O=C(N[C@H](CCc1ccccc1)CC[C@H](Cc1ccccc1)NC(=O)OCc1cncs1)OCc1cncs1. The van der Waals surface area contributed by atoms with Gasteiger partial charge in [0.1, 0.15) is 13.2 Å². The standard InChI is InChI=1S/C29H32N4O4S2/c34-28(36-18-26-16-30-20-38-26)32-24(12-11-22-7-3-1-4-8-22)13-14-25(15-23-9-5-2-6-10-23)33-29(35)37-19-27-17-31-21-39-27/h1-10,16-17,20-21,24-25H,11-15,18-19H2,(H,32,34)(H,33,35)/t24-,25-/m1/s1. The number of ether oxygens (including phenoxy) is 2. The molecule has 0 saturated heterocycles. The van der Waals surface area contributed by atoms with Crippen molar-refractivity contribution in [3.05, 3.63) is 105 Å². The summed E-state index contributed by atoms with van der Waals surface area (Å²) in [4.78, 5) is 35.1. The lowest BCUT2D eigenvalue weighted by Gasteiger charge is -2.23. The fourth-order valence-corrected chi connectivity index (χ4v) is 5.13. The van der Waals surface area contributed by atoms with Crippen LogP contribution in [-0.4, -0.2) is 34.2 Å².